The van der Waals surface area contributed by atoms with Crippen molar-refractivity contribution in [2.24, 2.45) is 17.8 Å². The van der Waals surface area contributed by atoms with E-state index in [9.17, 15) is 34.5 Å². The number of aliphatic hydroxyl groups excluding tert-OH is 2. The number of hydrogen-bond acceptors (Lipinski definition) is 15. The second-order valence-corrected chi connectivity index (χ2v) is 16.2. The molecule has 2 saturated heterocycles. The first kappa shape index (κ1) is 46.8. The Morgan fingerprint density at radius 3 is 2.33 bits per heavy atom. The molecular weight excluding hydrogens is 718 g/mol. The highest BCUT2D eigenvalue weighted by atomic mass is 16.7. The average Bonchev–Trinajstić information content (AvgIpc) is 3.06. The van der Waals surface area contributed by atoms with Gasteiger partial charge < -0.3 is 58.2 Å². The standard InChI is InChI=1S/C40H65NO14/c1-22(2)18-30(45)53-38-26(6)51-32(21-40(38,7)48)54-35-25(5)52-39(34(47)33(35)41(8)9)55-36-27(16-17-42)19-23(3)28(43)15-13-11-12-14-24(4)50-31(46)20-29(44)37(36)49-10/h11-13,15,17,22-27,29,32-39,44,47-48H,14,16,18-21H2,1-10H3/b12-11-,15-13+/t23-,24-,25-,26+,27+,29-,32+,33-,34-,35-,36+,37-,38+,39+,40-/m1/s1. The van der Waals surface area contributed by atoms with Gasteiger partial charge in [-0.3, -0.25) is 14.4 Å². The highest BCUT2D eigenvalue weighted by Crippen LogP contribution is 2.37. The monoisotopic (exact) mass is 783 g/mol. The molecule has 314 valence electrons. The van der Waals surface area contributed by atoms with Crippen LogP contribution in [-0.2, 0) is 52.3 Å². The summed E-state index contributed by atoms with van der Waals surface area (Å²) in [6.45, 7) is 12.2. The van der Waals surface area contributed by atoms with Gasteiger partial charge in [-0.05, 0) is 66.1 Å². The van der Waals surface area contributed by atoms with Crippen LogP contribution in [0.1, 0.15) is 87.0 Å². The number of aliphatic hydroxyl groups is 3. The second kappa shape index (κ2) is 21.2. The molecule has 0 unspecified atom stereocenters. The molecule has 0 aliphatic carbocycles. The average molecular weight is 784 g/mol. The Balaban J connectivity index is 1.90. The lowest BCUT2D eigenvalue weighted by atomic mass is 9.83. The van der Waals surface area contributed by atoms with Crippen molar-refractivity contribution in [3.63, 3.8) is 0 Å². The molecule has 3 N–H and O–H groups in total. The largest absolute Gasteiger partial charge is 0.462 e. The Hall–Kier alpha value is -2.60. The zero-order chi connectivity index (χ0) is 41.2. The van der Waals surface area contributed by atoms with Crippen LogP contribution >= 0.6 is 0 Å². The van der Waals surface area contributed by atoms with E-state index in [0.717, 1.165) is 0 Å². The SMILES string of the molecule is CO[C@H]1[C@@H](O[C@@H]2O[C@H](C)[C@@H](O[C@H]3C[C@@](C)(O)[C@@H](OC(=O)CC(C)C)[C@H](C)O3)[C@H](N(C)C)[C@H]2O)[C@@H](CC=O)C[C@@H](C)C(=O)/C=C/C=C\C[C@@H](C)OC(=O)C[C@H]1O. The van der Waals surface area contributed by atoms with Gasteiger partial charge in [0.05, 0.1) is 36.9 Å². The number of ether oxygens (including phenoxy) is 7. The molecule has 15 nitrogen and oxygen atoms in total. The van der Waals surface area contributed by atoms with E-state index in [1.807, 2.05) is 13.8 Å². The topological polar surface area (TPSA) is 197 Å². The van der Waals surface area contributed by atoms with Crippen molar-refractivity contribution < 1.29 is 67.7 Å². The highest BCUT2D eigenvalue weighted by Gasteiger charge is 2.52. The second-order valence-electron chi connectivity index (χ2n) is 16.2. The minimum atomic E-state index is -1.49. The van der Waals surface area contributed by atoms with Gasteiger partial charge in [0.25, 0.3) is 0 Å². The molecule has 0 radical (unpaired) electrons. The molecule has 3 aliphatic rings. The van der Waals surface area contributed by atoms with Crippen LogP contribution in [0.15, 0.2) is 24.3 Å². The molecule has 15 heteroatoms. The third-order valence-corrected chi connectivity index (χ3v) is 10.5. The molecule has 15 atom stereocenters. The molecule has 0 aromatic heterocycles. The number of esters is 2. The molecular formula is C40H65NO14. The van der Waals surface area contributed by atoms with Crippen LogP contribution < -0.4 is 0 Å². The molecule has 3 rings (SSSR count). The fourth-order valence-electron chi connectivity index (χ4n) is 7.68. The van der Waals surface area contributed by atoms with Crippen molar-refractivity contribution in [1.82, 2.24) is 4.90 Å². The van der Waals surface area contributed by atoms with Crippen molar-refractivity contribution in [2.75, 3.05) is 21.2 Å². The Morgan fingerprint density at radius 2 is 1.73 bits per heavy atom. The third-order valence-electron chi connectivity index (χ3n) is 10.5. The molecule has 0 aromatic carbocycles. The van der Waals surface area contributed by atoms with E-state index in [1.165, 1.54) is 13.2 Å². The molecule has 55 heavy (non-hydrogen) atoms. The number of likely N-dealkylation sites (N-methyl/N-ethyl adjacent to an activating group) is 1. The smallest absolute Gasteiger partial charge is 0.308 e. The van der Waals surface area contributed by atoms with Crippen LogP contribution in [0, 0.1) is 17.8 Å². The summed E-state index contributed by atoms with van der Waals surface area (Å²) in [6.07, 6.45) is -3.87. The van der Waals surface area contributed by atoms with Crippen molar-refractivity contribution in [3.8, 4) is 0 Å². The summed E-state index contributed by atoms with van der Waals surface area (Å²) in [6, 6.07) is -0.768. The van der Waals surface area contributed by atoms with Crippen LogP contribution in [-0.4, -0.2) is 145 Å². The van der Waals surface area contributed by atoms with E-state index < -0.39 is 109 Å². The number of rotatable bonds is 11. The first-order chi connectivity index (χ1) is 25.8. The maximum absolute atomic E-state index is 13.1. The summed E-state index contributed by atoms with van der Waals surface area (Å²) in [5.74, 6) is -2.50. The normalized spacial score (nSPS) is 41.1. The Bertz CT molecular complexity index is 1320. The summed E-state index contributed by atoms with van der Waals surface area (Å²) in [4.78, 5) is 52.3. The highest BCUT2D eigenvalue weighted by molar-refractivity contribution is 5.91. The lowest BCUT2D eigenvalue weighted by molar-refractivity contribution is -0.344. The van der Waals surface area contributed by atoms with Gasteiger partial charge in [0.15, 0.2) is 24.5 Å². The predicted octanol–water partition coefficient (Wildman–Crippen LogP) is 2.65. The van der Waals surface area contributed by atoms with E-state index in [1.54, 1.807) is 71.8 Å². The van der Waals surface area contributed by atoms with Crippen molar-refractivity contribution in [2.45, 2.75) is 166 Å². The lowest BCUT2D eigenvalue weighted by Crippen LogP contribution is -2.66. The summed E-state index contributed by atoms with van der Waals surface area (Å²) < 4.78 is 42.3. The summed E-state index contributed by atoms with van der Waals surface area (Å²) >= 11 is 0. The molecule has 3 aliphatic heterocycles. The minimum absolute atomic E-state index is 0.0389. The Morgan fingerprint density at radius 1 is 1.04 bits per heavy atom. The van der Waals surface area contributed by atoms with Crippen LogP contribution in [0.2, 0.25) is 0 Å². The van der Waals surface area contributed by atoms with Crippen LogP contribution in [0.25, 0.3) is 0 Å². The number of nitrogens with zero attached hydrogens (tertiary/aromatic N) is 1. The first-order valence-electron chi connectivity index (χ1n) is 19.4. The van der Waals surface area contributed by atoms with Crippen LogP contribution in [0.3, 0.4) is 0 Å². The number of carbonyl (C=O) groups excluding carboxylic acids is 4. The van der Waals surface area contributed by atoms with Crippen molar-refractivity contribution in [3.05, 3.63) is 24.3 Å². The number of allylic oxidation sites excluding steroid dienone is 3. The van der Waals surface area contributed by atoms with Gasteiger partial charge in [-0.15, -0.1) is 0 Å². The van der Waals surface area contributed by atoms with E-state index in [2.05, 4.69) is 0 Å². The molecule has 0 aromatic rings. The van der Waals surface area contributed by atoms with Gasteiger partial charge in [-0.25, -0.2) is 0 Å². The van der Waals surface area contributed by atoms with Crippen LogP contribution in [0.4, 0.5) is 0 Å². The molecule has 3 heterocycles. The molecule has 0 saturated carbocycles. The summed E-state index contributed by atoms with van der Waals surface area (Å²) in [5, 5.41) is 34.7. The molecule has 2 fully saturated rings. The maximum atomic E-state index is 13.1. The predicted molar refractivity (Wildman–Crippen MR) is 199 cm³/mol. The van der Waals surface area contributed by atoms with Gasteiger partial charge in [-0.2, -0.15) is 0 Å². The van der Waals surface area contributed by atoms with Gasteiger partial charge in [0.2, 0.25) is 0 Å². The molecule has 0 bridgehead atoms. The number of methoxy groups -OCH3 is 1. The lowest BCUT2D eigenvalue weighted by Gasteiger charge is -2.50. The Labute approximate surface area is 325 Å². The van der Waals surface area contributed by atoms with E-state index in [4.69, 9.17) is 33.2 Å². The number of hydrogen-bond donors (Lipinski definition) is 3. The quantitative estimate of drug-likeness (QED) is 0.204. The summed E-state index contributed by atoms with van der Waals surface area (Å²) in [7, 11) is 4.83. The number of carbonyl (C=O) groups is 4. The van der Waals surface area contributed by atoms with Gasteiger partial charge in [0.1, 0.15) is 36.3 Å². The maximum Gasteiger partial charge on any atom is 0.308 e. The fourth-order valence-corrected chi connectivity index (χ4v) is 7.68. The van der Waals surface area contributed by atoms with E-state index in [0.29, 0.717) is 12.7 Å². The zero-order valence-electron chi connectivity index (χ0n) is 34.1. The van der Waals surface area contributed by atoms with Crippen molar-refractivity contribution in [1.29, 1.82) is 0 Å². The number of cyclic esters (lactones) is 1. The number of aldehydes is 1. The minimum Gasteiger partial charge on any atom is -0.462 e. The first-order valence-corrected chi connectivity index (χ1v) is 19.4. The Kier molecular flexibility index (Phi) is 18.1. The van der Waals surface area contributed by atoms with E-state index >= 15 is 0 Å². The van der Waals surface area contributed by atoms with Crippen molar-refractivity contribution >= 4 is 24.0 Å². The fraction of sp³-hybridized carbons (Fsp3) is 0.800. The number of ketones is 1. The van der Waals surface area contributed by atoms with E-state index in [-0.39, 0.29) is 37.4 Å². The van der Waals surface area contributed by atoms with Gasteiger partial charge >= 0.3 is 11.9 Å². The van der Waals surface area contributed by atoms with Gasteiger partial charge in [0, 0.05) is 38.7 Å². The van der Waals surface area contributed by atoms with Gasteiger partial charge in [-0.1, -0.05) is 39.0 Å². The zero-order valence-corrected chi connectivity index (χ0v) is 34.1. The summed E-state index contributed by atoms with van der Waals surface area (Å²) in [5.41, 5.74) is -1.49. The molecule has 0 amide bonds. The third kappa shape index (κ3) is 13.2. The molecule has 0 spiro atoms. The van der Waals surface area contributed by atoms with Crippen LogP contribution in [0.5, 0.6) is 0 Å².